The first-order chi connectivity index (χ1) is 14.2. The number of anilines is 1. The van der Waals surface area contributed by atoms with Crippen LogP contribution in [-0.4, -0.2) is 50.8 Å². The summed E-state index contributed by atoms with van der Waals surface area (Å²) in [5.41, 5.74) is 5.09. The second-order valence-corrected chi connectivity index (χ2v) is 9.50. The SMILES string of the molecule is CCC1(CC)CC=C(c2ccccc2N2CCN(CC3CCOCC3)CC2)CC1. The number of benzene rings is 1. The molecule has 2 aliphatic heterocycles. The molecule has 1 aromatic carbocycles. The summed E-state index contributed by atoms with van der Waals surface area (Å²) in [5, 5.41) is 0. The van der Waals surface area contributed by atoms with Crippen LogP contribution >= 0.6 is 0 Å². The summed E-state index contributed by atoms with van der Waals surface area (Å²) in [6.07, 6.45) is 11.5. The van der Waals surface area contributed by atoms with Crippen molar-refractivity contribution in [3.05, 3.63) is 35.9 Å². The van der Waals surface area contributed by atoms with Crippen LogP contribution in [0.4, 0.5) is 5.69 Å². The molecule has 3 aliphatic rings. The van der Waals surface area contributed by atoms with Gasteiger partial charge in [-0.2, -0.15) is 0 Å². The van der Waals surface area contributed by atoms with Crippen LogP contribution in [-0.2, 0) is 4.74 Å². The number of para-hydroxylation sites is 1. The van der Waals surface area contributed by atoms with Crippen LogP contribution in [0.3, 0.4) is 0 Å². The molecule has 4 rings (SSSR count). The Bertz CT molecular complexity index is 680. The van der Waals surface area contributed by atoms with Gasteiger partial charge in [0.05, 0.1) is 0 Å². The van der Waals surface area contributed by atoms with Gasteiger partial charge in [0, 0.05) is 57.2 Å². The van der Waals surface area contributed by atoms with E-state index in [9.17, 15) is 0 Å². The van der Waals surface area contributed by atoms with E-state index in [1.807, 2.05) is 0 Å². The molecule has 2 fully saturated rings. The lowest BCUT2D eigenvalue weighted by Gasteiger charge is -2.40. The first kappa shape index (κ1) is 20.9. The highest BCUT2D eigenvalue weighted by Crippen LogP contribution is 2.44. The predicted octanol–water partition coefficient (Wildman–Crippen LogP) is 5.61. The zero-order valence-corrected chi connectivity index (χ0v) is 18.7. The van der Waals surface area contributed by atoms with Crippen LogP contribution in [0.2, 0.25) is 0 Å². The third-order valence-corrected chi connectivity index (χ3v) is 8.03. The van der Waals surface area contributed by atoms with E-state index in [1.165, 1.54) is 75.8 Å². The van der Waals surface area contributed by atoms with Crippen molar-refractivity contribution < 1.29 is 4.74 Å². The van der Waals surface area contributed by atoms with Crippen molar-refractivity contribution in [3.8, 4) is 0 Å². The Balaban J connectivity index is 1.40. The average molecular weight is 397 g/mol. The topological polar surface area (TPSA) is 15.7 Å². The van der Waals surface area contributed by atoms with Crippen LogP contribution in [0.1, 0.15) is 64.4 Å². The molecule has 0 spiro atoms. The quantitative estimate of drug-likeness (QED) is 0.622. The molecule has 2 saturated heterocycles. The van der Waals surface area contributed by atoms with Gasteiger partial charge in [0.1, 0.15) is 0 Å². The van der Waals surface area contributed by atoms with E-state index >= 15 is 0 Å². The molecule has 0 unspecified atom stereocenters. The maximum Gasteiger partial charge on any atom is 0.0469 e. The van der Waals surface area contributed by atoms with Gasteiger partial charge in [0.25, 0.3) is 0 Å². The minimum Gasteiger partial charge on any atom is -0.381 e. The summed E-state index contributed by atoms with van der Waals surface area (Å²) in [4.78, 5) is 5.32. The molecule has 0 aromatic heterocycles. The van der Waals surface area contributed by atoms with Gasteiger partial charge in [-0.05, 0) is 55.1 Å². The first-order valence-corrected chi connectivity index (χ1v) is 12.1. The minimum atomic E-state index is 0.550. The molecule has 0 atom stereocenters. The van der Waals surface area contributed by atoms with Gasteiger partial charge in [0.2, 0.25) is 0 Å². The van der Waals surface area contributed by atoms with E-state index in [0.29, 0.717) is 5.41 Å². The lowest BCUT2D eigenvalue weighted by molar-refractivity contribution is 0.0517. The van der Waals surface area contributed by atoms with Crippen LogP contribution < -0.4 is 4.90 Å². The number of hydrogen-bond donors (Lipinski definition) is 0. The second-order valence-electron chi connectivity index (χ2n) is 9.50. The third-order valence-electron chi connectivity index (χ3n) is 8.03. The van der Waals surface area contributed by atoms with Crippen LogP contribution in [0.5, 0.6) is 0 Å². The summed E-state index contributed by atoms with van der Waals surface area (Å²) in [7, 11) is 0. The van der Waals surface area contributed by atoms with Gasteiger partial charge < -0.3 is 9.64 Å². The number of allylic oxidation sites excluding steroid dienone is 2. The second kappa shape index (κ2) is 9.66. The van der Waals surface area contributed by atoms with Gasteiger partial charge in [0.15, 0.2) is 0 Å². The largest absolute Gasteiger partial charge is 0.381 e. The molecule has 2 heterocycles. The molecule has 29 heavy (non-hydrogen) atoms. The highest BCUT2D eigenvalue weighted by atomic mass is 16.5. The van der Waals surface area contributed by atoms with Crippen molar-refractivity contribution in [1.29, 1.82) is 0 Å². The molecule has 0 radical (unpaired) electrons. The fourth-order valence-corrected chi connectivity index (χ4v) is 5.57. The lowest BCUT2D eigenvalue weighted by Crippen LogP contribution is -2.48. The Morgan fingerprint density at radius 2 is 1.72 bits per heavy atom. The fourth-order valence-electron chi connectivity index (χ4n) is 5.57. The molecule has 1 aromatic rings. The summed E-state index contributed by atoms with van der Waals surface area (Å²) >= 11 is 0. The van der Waals surface area contributed by atoms with Gasteiger partial charge >= 0.3 is 0 Å². The molecule has 1 aliphatic carbocycles. The minimum absolute atomic E-state index is 0.550. The van der Waals surface area contributed by atoms with E-state index < -0.39 is 0 Å². The molecule has 0 N–H and O–H groups in total. The van der Waals surface area contributed by atoms with E-state index in [4.69, 9.17) is 4.74 Å². The number of rotatable bonds is 6. The molecule has 3 nitrogen and oxygen atoms in total. The van der Waals surface area contributed by atoms with Crippen molar-refractivity contribution in [3.63, 3.8) is 0 Å². The predicted molar refractivity (Wildman–Crippen MR) is 123 cm³/mol. The van der Waals surface area contributed by atoms with E-state index in [0.717, 1.165) is 32.2 Å². The highest BCUT2D eigenvalue weighted by molar-refractivity contribution is 5.77. The molecule has 0 amide bonds. The summed E-state index contributed by atoms with van der Waals surface area (Å²) in [6, 6.07) is 9.16. The first-order valence-electron chi connectivity index (χ1n) is 12.1. The summed E-state index contributed by atoms with van der Waals surface area (Å²) in [6.45, 7) is 12.6. The van der Waals surface area contributed by atoms with Crippen molar-refractivity contribution >= 4 is 11.3 Å². The Morgan fingerprint density at radius 1 is 1.00 bits per heavy atom. The van der Waals surface area contributed by atoms with Crippen molar-refractivity contribution in [1.82, 2.24) is 4.90 Å². The molecule has 3 heteroatoms. The van der Waals surface area contributed by atoms with E-state index in [1.54, 1.807) is 5.57 Å². The van der Waals surface area contributed by atoms with Crippen molar-refractivity contribution in [2.75, 3.05) is 50.8 Å². The molecular weight excluding hydrogens is 356 g/mol. The van der Waals surface area contributed by atoms with Crippen molar-refractivity contribution in [2.24, 2.45) is 11.3 Å². The van der Waals surface area contributed by atoms with Crippen molar-refractivity contribution in [2.45, 2.75) is 58.8 Å². The average Bonchev–Trinajstić information content (AvgIpc) is 2.80. The van der Waals surface area contributed by atoms with Crippen LogP contribution in [0.25, 0.3) is 5.57 Å². The molecule has 0 bridgehead atoms. The molecule has 160 valence electrons. The van der Waals surface area contributed by atoms with E-state index in [2.05, 4.69) is 54.0 Å². The van der Waals surface area contributed by atoms with Gasteiger partial charge in [-0.1, -0.05) is 51.0 Å². The Morgan fingerprint density at radius 3 is 2.38 bits per heavy atom. The highest BCUT2D eigenvalue weighted by Gasteiger charge is 2.30. The Labute approximate surface area is 178 Å². The Hall–Kier alpha value is -1.32. The summed E-state index contributed by atoms with van der Waals surface area (Å²) in [5.74, 6) is 0.840. The third kappa shape index (κ3) is 4.88. The number of piperazine rings is 1. The van der Waals surface area contributed by atoms with E-state index in [-0.39, 0.29) is 0 Å². The van der Waals surface area contributed by atoms with Gasteiger partial charge in [-0.3, -0.25) is 4.90 Å². The molecule has 0 saturated carbocycles. The zero-order chi connectivity index (χ0) is 20.1. The van der Waals surface area contributed by atoms with Gasteiger partial charge in [-0.15, -0.1) is 0 Å². The van der Waals surface area contributed by atoms with Gasteiger partial charge in [-0.25, -0.2) is 0 Å². The standard InChI is InChI=1S/C26H40N2O/c1-3-26(4-2)13-9-23(10-14-26)24-7-5-6-8-25(24)28-17-15-27(16-18-28)21-22-11-19-29-20-12-22/h5-9,22H,3-4,10-21H2,1-2H3. The maximum atomic E-state index is 5.53. The lowest BCUT2D eigenvalue weighted by atomic mass is 9.70. The zero-order valence-electron chi connectivity index (χ0n) is 18.7. The smallest absolute Gasteiger partial charge is 0.0469 e. The maximum absolute atomic E-state index is 5.53. The van der Waals surface area contributed by atoms with Crippen LogP contribution in [0, 0.1) is 11.3 Å². The number of hydrogen-bond acceptors (Lipinski definition) is 3. The molecular formula is C26H40N2O. The monoisotopic (exact) mass is 396 g/mol. The number of ether oxygens (including phenoxy) is 1. The Kier molecular flexibility index (Phi) is 6.97. The normalized spacial score (nSPS) is 23.8. The number of nitrogens with zero attached hydrogens (tertiary/aromatic N) is 2. The summed E-state index contributed by atoms with van der Waals surface area (Å²) < 4.78 is 5.53. The fraction of sp³-hybridized carbons (Fsp3) is 0.692. The van der Waals surface area contributed by atoms with Crippen LogP contribution in [0.15, 0.2) is 30.3 Å².